The number of nitrogens with one attached hydrogen (secondary N) is 1. The van der Waals surface area contributed by atoms with Crippen molar-refractivity contribution in [3.05, 3.63) is 35.6 Å². The first-order chi connectivity index (χ1) is 13.0. The standard InChI is InChI=1S/C19H23FN2O5/c20-15-9-7-14(8-10-15)13-21-16(23)5-3-1-2-4-6-19(26)27-22-17(24)11-12-18(22)25/h7-10H,1-6,11-13H2,(H,21,23). The highest BCUT2D eigenvalue weighted by atomic mass is 19.1. The summed E-state index contributed by atoms with van der Waals surface area (Å²) >= 11 is 0. The number of hydrogen-bond acceptors (Lipinski definition) is 5. The second kappa shape index (κ2) is 10.4. The van der Waals surface area contributed by atoms with Crippen LogP contribution in [0.5, 0.6) is 0 Å². The van der Waals surface area contributed by atoms with Gasteiger partial charge in [-0.3, -0.25) is 14.4 Å². The first-order valence-electron chi connectivity index (χ1n) is 9.03. The summed E-state index contributed by atoms with van der Waals surface area (Å²) in [6.07, 6.45) is 3.42. The highest BCUT2D eigenvalue weighted by molar-refractivity contribution is 6.01. The molecule has 1 aliphatic heterocycles. The Labute approximate surface area is 156 Å². The number of carbonyl (C=O) groups is 4. The molecule has 1 N–H and O–H groups in total. The molecule has 0 bridgehead atoms. The molecule has 146 valence electrons. The van der Waals surface area contributed by atoms with E-state index in [-0.39, 0.29) is 31.0 Å². The van der Waals surface area contributed by atoms with Gasteiger partial charge < -0.3 is 10.2 Å². The van der Waals surface area contributed by atoms with E-state index in [0.29, 0.717) is 30.9 Å². The Morgan fingerprint density at radius 3 is 2.19 bits per heavy atom. The Morgan fingerprint density at radius 1 is 0.963 bits per heavy atom. The van der Waals surface area contributed by atoms with Crippen molar-refractivity contribution in [3.8, 4) is 0 Å². The number of rotatable bonds is 10. The molecule has 0 radical (unpaired) electrons. The molecule has 7 nitrogen and oxygen atoms in total. The van der Waals surface area contributed by atoms with E-state index in [1.54, 1.807) is 12.1 Å². The van der Waals surface area contributed by atoms with Crippen LogP contribution >= 0.6 is 0 Å². The van der Waals surface area contributed by atoms with Crippen LogP contribution in [0.1, 0.15) is 56.9 Å². The van der Waals surface area contributed by atoms with Gasteiger partial charge in [0.05, 0.1) is 0 Å². The number of halogens is 1. The summed E-state index contributed by atoms with van der Waals surface area (Å²) < 4.78 is 12.8. The Hall–Kier alpha value is -2.77. The number of carbonyl (C=O) groups excluding carboxylic acids is 4. The number of hydroxylamine groups is 2. The fourth-order valence-electron chi connectivity index (χ4n) is 2.61. The summed E-state index contributed by atoms with van der Waals surface area (Å²) in [6, 6.07) is 5.94. The minimum absolute atomic E-state index is 0.0787. The molecule has 1 aromatic rings. The smallest absolute Gasteiger partial charge is 0.333 e. The van der Waals surface area contributed by atoms with Crippen molar-refractivity contribution in [3.63, 3.8) is 0 Å². The molecule has 1 aliphatic rings. The van der Waals surface area contributed by atoms with Crippen LogP contribution in [0.3, 0.4) is 0 Å². The molecular formula is C19H23FN2O5. The fraction of sp³-hybridized carbons (Fsp3) is 0.474. The Bertz CT molecular complexity index is 674. The predicted molar refractivity (Wildman–Crippen MR) is 93.1 cm³/mol. The third kappa shape index (κ3) is 7.16. The third-order valence-electron chi connectivity index (χ3n) is 4.14. The molecule has 27 heavy (non-hydrogen) atoms. The minimum Gasteiger partial charge on any atom is -0.352 e. The molecular weight excluding hydrogens is 355 g/mol. The van der Waals surface area contributed by atoms with Gasteiger partial charge in [0.2, 0.25) is 5.91 Å². The molecule has 8 heteroatoms. The van der Waals surface area contributed by atoms with Crippen molar-refractivity contribution in [2.75, 3.05) is 0 Å². The zero-order valence-corrected chi connectivity index (χ0v) is 15.0. The zero-order valence-electron chi connectivity index (χ0n) is 15.0. The summed E-state index contributed by atoms with van der Waals surface area (Å²) in [5.74, 6) is -1.96. The molecule has 0 saturated carbocycles. The van der Waals surface area contributed by atoms with Crippen LogP contribution in [0, 0.1) is 5.82 Å². The third-order valence-corrected chi connectivity index (χ3v) is 4.14. The molecule has 2 rings (SSSR count). The Balaban J connectivity index is 1.49. The lowest BCUT2D eigenvalue weighted by Gasteiger charge is -2.12. The molecule has 1 fully saturated rings. The van der Waals surface area contributed by atoms with Gasteiger partial charge in [-0.05, 0) is 30.5 Å². The van der Waals surface area contributed by atoms with E-state index >= 15 is 0 Å². The van der Waals surface area contributed by atoms with Crippen molar-refractivity contribution in [1.82, 2.24) is 10.4 Å². The number of unbranched alkanes of at least 4 members (excludes halogenated alkanes) is 3. The Morgan fingerprint density at radius 2 is 1.56 bits per heavy atom. The Kier molecular flexibility index (Phi) is 7.91. The van der Waals surface area contributed by atoms with E-state index in [0.717, 1.165) is 18.4 Å². The van der Waals surface area contributed by atoms with E-state index in [2.05, 4.69) is 5.32 Å². The molecule has 1 aromatic carbocycles. The van der Waals surface area contributed by atoms with Gasteiger partial charge in [0.15, 0.2) is 0 Å². The summed E-state index contributed by atoms with van der Waals surface area (Å²) in [5.41, 5.74) is 0.832. The SMILES string of the molecule is O=C(CCCCCCC(=O)ON1C(=O)CCC1=O)NCc1ccc(F)cc1. The molecule has 1 heterocycles. The number of imide groups is 1. The molecule has 0 aromatic heterocycles. The maximum absolute atomic E-state index is 12.8. The quantitative estimate of drug-likeness (QED) is 0.498. The summed E-state index contributed by atoms with van der Waals surface area (Å²) in [7, 11) is 0. The molecule has 3 amide bonds. The van der Waals surface area contributed by atoms with E-state index in [1.165, 1.54) is 12.1 Å². The normalized spacial score (nSPS) is 13.7. The number of hydrogen-bond donors (Lipinski definition) is 1. The van der Waals surface area contributed by atoms with Gasteiger partial charge in [0.25, 0.3) is 11.8 Å². The van der Waals surface area contributed by atoms with E-state index in [1.807, 2.05) is 0 Å². The highest BCUT2D eigenvalue weighted by Crippen LogP contribution is 2.14. The maximum Gasteiger partial charge on any atom is 0.333 e. The molecule has 0 atom stereocenters. The van der Waals surface area contributed by atoms with E-state index in [9.17, 15) is 23.6 Å². The monoisotopic (exact) mass is 378 g/mol. The molecule has 0 spiro atoms. The summed E-state index contributed by atoms with van der Waals surface area (Å²) in [4.78, 5) is 50.8. The molecule has 1 saturated heterocycles. The van der Waals surface area contributed by atoms with Gasteiger partial charge in [-0.1, -0.05) is 25.0 Å². The maximum atomic E-state index is 12.8. The van der Waals surface area contributed by atoms with Crippen molar-refractivity contribution in [2.45, 2.75) is 57.9 Å². The summed E-state index contributed by atoms with van der Waals surface area (Å²) in [5, 5.41) is 3.32. The van der Waals surface area contributed by atoms with Crippen molar-refractivity contribution in [1.29, 1.82) is 0 Å². The number of amides is 3. The van der Waals surface area contributed by atoms with Crippen LogP contribution in [0.15, 0.2) is 24.3 Å². The second-order valence-corrected chi connectivity index (χ2v) is 6.36. The van der Waals surface area contributed by atoms with Crippen LogP contribution in [-0.2, 0) is 30.6 Å². The van der Waals surface area contributed by atoms with Crippen LogP contribution in [0.2, 0.25) is 0 Å². The van der Waals surface area contributed by atoms with Crippen LogP contribution in [0.4, 0.5) is 4.39 Å². The largest absolute Gasteiger partial charge is 0.352 e. The summed E-state index contributed by atoms with van der Waals surface area (Å²) in [6.45, 7) is 0.360. The van der Waals surface area contributed by atoms with Crippen LogP contribution in [0.25, 0.3) is 0 Å². The van der Waals surface area contributed by atoms with Crippen molar-refractivity contribution in [2.24, 2.45) is 0 Å². The van der Waals surface area contributed by atoms with Crippen molar-refractivity contribution < 1.29 is 28.4 Å². The average Bonchev–Trinajstić information content (AvgIpc) is 2.96. The van der Waals surface area contributed by atoms with E-state index in [4.69, 9.17) is 4.84 Å². The van der Waals surface area contributed by atoms with Gasteiger partial charge in [-0.2, -0.15) is 0 Å². The van der Waals surface area contributed by atoms with Gasteiger partial charge in [-0.25, -0.2) is 9.18 Å². The van der Waals surface area contributed by atoms with Crippen molar-refractivity contribution >= 4 is 23.7 Å². The fourth-order valence-corrected chi connectivity index (χ4v) is 2.61. The van der Waals surface area contributed by atoms with Gasteiger partial charge in [-0.15, -0.1) is 5.06 Å². The molecule has 0 unspecified atom stereocenters. The van der Waals surface area contributed by atoms with Crippen LogP contribution in [-0.4, -0.2) is 28.8 Å². The van der Waals surface area contributed by atoms with Crippen LogP contribution < -0.4 is 5.32 Å². The average molecular weight is 378 g/mol. The number of benzene rings is 1. The van der Waals surface area contributed by atoms with Gasteiger partial charge in [0, 0.05) is 32.2 Å². The van der Waals surface area contributed by atoms with Gasteiger partial charge in [0.1, 0.15) is 5.82 Å². The van der Waals surface area contributed by atoms with Gasteiger partial charge >= 0.3 is 5.97 Å². The zero-order chi connectivity index (χ0) is 19.6. The second-order valence-electron chi connectivity index (χ2n) is 6.36. The minimum atomic E-state index is -0.601. The van der Waals surface area contributed by atoms with E-state index < -0.39 is 17.8 Å². The number of nitrogens with zero attached hydrogens (tertiary/aromatic N) is 1. The lowest BCUT2D eigenvalue weighted by atomic mass is 10.1. The molecule has 0 aliphatic carbocycles. The first-order valence-corrected chi connectivity index (χ1v) is 9.03. The topological polar surface area (TPSA) is 92.8 Å². The predicted octanol–water partition coefficient (Wildman–Crippen LogP) is 2.39. The first kappa shape index (κ1) is 20.5. The highest BCUT2D eigenvalue weighted by Gasteiger charge is 2.32. The lowest BCUT2D eigenvalue weighted by molar-refractivity contribution is -0.197. The lowest BCUT2D eigenvalue weighted by Crippen LogP contribution is -2.31.